The van der Waals surface area contributed by atoms with Crippen LogP contribution in [-0.4, -0.2) is 49.0 Å². The fourth-order valence-electron chi connectivity index (χ4n) is 1.47. The molecule has 0 saturated heterocycles. The average molecular weight is 238 g/mol. The zero-order valence-corrected chi connectivity index (χ0v) is 10.9. The van der Waals surface area contributed by atoms with Gasteiger partial charge in [-0.2, -0.15) is 5.10 Å². The van der Waals surface area contributed by atoms with Crippen LogP contribution in [-0.2, 0) is 6.54 Å². The number of methoxy groups -OCH3 is 1. The number of aromatic nitrogens is 2. The predicted octanol–water partition coefficient (Wildman–Crippen LogP) is 0.815. The van der Waals surface area contributed by atoms with E-state index in [-0.39, 0.29) is 0 Å². The van der Waals surface area contributed by atoms with Crippen molar-refractivity contribution in [3.05, 3.63) is 18.0 Å². The van der Waals surface area contributed by atoms with Gasteiger partial charge in [0, 0.05) is 6.54 Å². The molecular formula is C12H22N4O. The molecule has 5 heteroatoms. The fraction of sp³-hybridized carbons (Fsp3) is 0.583. The Morgan fingerprint density at radius 2 is 2.29 bits per heavy atom. The number of hydrogen-bond donors (Lipinski definition) is 1. The first kappa shape index (κ1) is 13.7. The summed E-state index contributed by atoms with van der Waals surface area (Å²) < 4.78 is 7.23. The Kier molecular flexibility index (Phi) is 5.72. The van der Waals surface area contributed by atoms with Gasteiger partial charge in [-0.15, -0.1) is 0 Å². The van der Waals surface area contributed by atoms with Crippen LogP contribution in [0.3, 0.4) is 0 Å². The third-order valence-corrected chi connectivity index (χ3v) is 2.43. The van der Waals surface area contributed by atoms with Crippen LogP contribution in [0.2, 0.25) is 0 Å². The Morgan fingerprint density at radius 3 is 2.88 bits per heavy atom. The van der Waals surface area contributed by atoms with Crippen molar-refractivity contribution in [2.75, 3.05) is 34.3 Å². The van der Waals surface area contributed by atoms with E-state index in [1.165, 1.54) is 0 Å². The molecule has 96 valence electrons. The van der Waals surface area contributed by atoms with Crippen LogP contribution in [0.25, 0.3) is 6.08 Å². The highest BCUT2D eigenvalue weighted by Gasteiger charge is 2.08. The lowest BCUT2D eigenvalue weighted by molar-refractivity contribution is 0.370. The molecule has 1 heterocycles. The molecule has 0 aliphatic carbocycles. The molecule has 0 spiro atoms. The Morgan fingerprint density at radius 1 is 1.53 bits per heavy atom. The molecule has 0 atom stereocenters. The number of hydrogen-bond acceptors (Lipinski definition) is 4. The van der Waals surface area contributed by atoms with Crippen molar-refractivity contribution in [3.63, 3.8) is 0 Å². The van der Waals surface area contributed by atoms with Crippen LogP contribution in [0.15, 0.2) is 12.3 Å². The van der Waals surface area contributed by atoms with Crippen molar-refractivity contribution in [1.29, 1.82) is 0 Å². The summed E-state index contributed by atoms with van der Waals surface area (Å²) >= 11 is 0. The molecule has 0 radical (unpaired) electrons. The van der Waals surface area contributed by atoms with Gasteiger partial charge in [-0.1, -0.05) is 6.08 Å². The van der Waals surface area contributed by atoms with Crippen LogP contribution in [0.5, 0.6) is 5.75 Å². The summed E-state index contributed by atoms with van der Waals surface area (Å²) in [5, 5.41) is 4.32. The topological polar surface area (TPSA) is 56.3 Å². The fourth-order valence-corrected chi connectivity index (χ4v) is 1.47. The lowest BCUT2D eigenvalue weighted by Gasteiger charge is -2.10. The van der Waals surface area contributed by atoms with Crippen LogP contribution in [0.4, 0.5) is 0 Å². The van der Waals surface area contributed by atoms with Crippen LogP contribution in [0, 0.1) is 0 Å². The molecular weight excluding hydrogens is 216 g/mol. The second-order valence-electron chi connectivity index (χ2n) is 4.10. The van der Waals surface area contributed by atoms with E-state index in [4.69, 9.17) is 10.5 Å². The first-order chi connectivity index (χ1) is 8.19. The lowest BCUT2D eigenvalue weighted by Crippen LogP contribution is -2.19. The molecule has 0 unspecified atom stereocenters. The zero-order chi connectivity index (χ0) is 12.7. The Bertz CT molecular complexity index is 357. The maximum absolute atomic E-state index is 5.46. The number of rotatable bonds is 7. The van der Waals surface area contributed by atoms with E-state index < -0.39 is 0 Å². The van der Waals surface area contributed by atoms with E-state index in [1.54, 1.807) is 13.3 Å². The van der Waals surface area contributed by atoms with Crippen LogP contribution >= 0.6 is 0 Å². The number of ether oxygens (including phenoxy) is 1. The second-order valence-corrected chi connectivity index (χ2v) is 4.10. The van der Waals surface area contributed by atoms with Gasteiger partial charge in [0.05, 0.1) is 19.9 Å². The minimum absolute atomic E-state index is 0.657. The van der Waals surface area contributed by atoms with Crippen molar-refractivity contribution in [2.45, 2.75) is 13.0 Å². The first-order valence-electron chi connectivity index (χ1n) is 5.80. The van der Waals surface area contributed by atoms with E-state index in [0.717, 1.165) is 31.0 Å². The standard InChI is InChI=1S/C12H22N4O/c1-15(2)8-9-16-11(6-4-5-7-13)12(17-3)10-14-16/h4,6,10H,5,7-9,13H2,1-3H3/b6-4+. The Balaban J connectivity index is 2.78. The van der Waals surface area contributed by atoms with E-state index in [9.17, 15) is 0 Å². The molecule has 0 amide bonds. The van der Waals surface area contributed by atoms with Crippen LogP contribution in [0.1, 0.15) is 12.1 Å². The molecule has 0 fully saturated rings. The largest absolute Gasteiger partial charge is 0.493 e. The number of nitrogens with zero attached hydrogens (tertiary/aromatic N) is 3. The van der Waals surface area contributed by atoms with Crippen molar-refractivity contribution < 1.29 is 4.74 Å². The van der Waals surface area contributed by atoms with E-state index >= 15 is 0 Å². The lowest BCUT2D eigenvalue weighted by atomic mass is 10.3. The van der Waals surface area contributed by atoms with Gasteiger partial charge in [0.2, 0.25) is 0 Å². The Labute approximate surface area is 103 Å². The molecule has 0 aromatic carbocycles. The summed E-state index contributed by atoms with van der Waals surface area (Å²) in [5.74, 6) is 0.803. The smallest absolute Gasteiger partial charge is 0.164 e. The molecule has 2 N–H and O–H groups in total. The third kappa shape index (κ3) is 4.20. The molecule has 17 heavy (non-hydrogen) atoms. The average Bonchev–Trinajstić information content (AvgIpc) is 2.69. The summed E-state index contributed by atoms with van der Waals surface area (Å²) in [7, 11) is 5.75. The van der Waals surface area contributed by atoms with Gasteiger partial charge in [0.1, 0.15) is 5.69 Å². The highest BCUT2D eigenvalue weighted by molar-refractivity contribution is 5.52. The van der Waals surface area contributed by atoms with Crippen molar-refractivity contribution >= 4 is 6.08 Å². The Hall–Kier alpha value is -1.33. The molecule has 1 aromatic rings. The number of nitrogens with two attached hydrogens (primary N) is 1. The molecule has 1 aromatic heterocycles. The van der Waals surface area contributed by atoms with Crippen molar-refractivity contribution in [3.8, 4) is 5.75 Å². The van der Waals surface area contributed by atoms with Gasteiger partial charge in [-0.05, 0) is 33.1 Å². The summed E-state index contributed by atoms with van der Waals surface area (Å²) in [5.41, 5.74) is 6.47. The van der Waals surface area contributed by atoms with Crippen LogP contribution < -0.4 is 10.5 Å². The monoisotopic (exact) mass is 238 g/mol. The summed E-state index contributed by atoms with van der Waals surface area (Å²) in [6.07, 6.45) is 6.68. The summed E-state index contributed by atoms with van der Waals surface area (Å²) in [6.45, 7) is 2.45. The zero-order valence-electron chi connectivity index (χ0n) is 10.9. The predicted molar refractivity (Wildman–Crippen MR) is 70.0 cm³/mol. The van der Waals surface area contributed by atoms with E-state index in [0.29, 0.717) is 6.54 Å². The minimum atomic E-state index is 0.657. The minimum Gasteiger partial charge on any atom is -0.493 e. The SMILES string of the molecule is COc1cnn(CCN(C)C)c1/C=C/CCN. The second kappa shape index (κ2) is 7.09. The van der Waals surface area contributed by atoms with Gasteiger partial charge in [-0.25, -0.2) is 0 Å². The quantitative estimate of drug-likeness (QED) is 0.764. The first-order valence-corrected chi connectivity index (χ1v) is 5.80. The maximum atomic E-state index is 5.46. The molecule has 5 nitrogen and oxygen atoms in total. The van der Waals surface area contributed by atoms with Gasteiger partial charge in [-0.3, -0.25) is 4.68 Å². The summed E-state index contributed by atoms with van der Waals surface area (Å²) in [6, 6.07) is 0. The third-order valence-electron chi connectivity index (χ3n) is 2.43. The molecule has 0 bridgehead atoms. The summed E-state index contributed by atoms with van der Waals surface area (Å²) in [4.78, 5) is 2.13. The number of likely N-dealkylation sites (N-methyl/N-ethyl adjacent to an activating group) is 1. The molecule has 1 rings (SSSR count). The normalized spacial score (nSPS) is 11.6. The van der Waals surface area contributed by atoms with Gasteiger partial charge in [0.25, 0.3) is 0 Å². The van der Waals surface area contributed by atoms with Gasteiger partial charge >= 0.3 is 0 Å². The molecule has 0 aliphatic rings. The van der Waals surface area contributed by atoms with E-state index in [2.05, 4.69) is 10.00 Å². The van der Waals surface area contributed by atoms with Gasteiger partial charge < -0.3 is 15.4 Å². The molecule has 0 aliphatic heterocycles. The highest BCUT2D eigenvalue weighted by atomic mass is 16.5. The van der Waals surface area contributed by atoms with Gasteiger partial charge in [0.15, 0.2) is 5.75 Å². The van der Waals surface area contributed by atoms with Crippen molar-refractivity contribution in [2.24, 2.45) is 5.73 Å². The molecule has 0 saturated carbocycles. The van der Waals surface area contributed by atoms with E-state index in [1.807, 2.05) is 30.9 Å². The van der Waals surface area contributed by atoms with Crippen molar-refractivity contribution in [1.82, 2.24) is 14.7 Å². The maximum Gasteiger partial charge on any atom is 0.164 e. The highest BCUT2D eigenvalue weighted by Crippen LogP contribution is 2.19.